The van der Waals surface area contributed by atoms with E-state index in [0.717, 1.165) is 34.5 Å². The molecule has 2 rings (SSSR count). The van der Waals surface area contributed by atoms with Gasteiger partial charge in [0.05, 0.1) is 18.2 Å². The highest BCUT2D eigenvalue weighted by Gasteiger charge is 2.02. The van der Waals surface area contributed by atoms with Crippen LogP contribution in [0.3, 0.4) is 0 Å². The van der Waals surface area contributed by atoms with Gasteiger partial charge in [-0.05, 0) is 55.2 Å². The Kier molecular flexibility index (Phi) is 6.55. The summed E-state index contributed by atoms with van der Waals surface area (Å²) >= 11 is 0. The van der Waals surface area contributed by atoms with E-state index < -0.39 is 0 Å². The highest BCUT2D eigenvalue weighted by atomic mass is 16.6. The van der Waals surface area contributed by atoms with Gasteiger partial charge in [0.1, 0.15) is 6.61 Å². The maximum atomic E-state index is 5.38. The Morgan fingerprint density at radius 2 is 1.83 bits per heavy atom. The first-order chi connectivity index (χ1) is 11.6. The fraction of sp³-hybridized carbons (Fsp3) is 0.300. The van der Waals surface area contributed by atoms with E-state index in [9.17, 15) is 0 Å². The molecule has 0 atom stereocenters. The van der Waals surface area contributed by atoms with Gasteiger partial charge in [0, 0.05) is 13.6 Å². The molecular formula is C20H25N3O. The average Bonchev–Trinajstić information content (AvgIpc) is 2.60. The molecule has 2 aromatic rings. The average molecular weight is 323 g/mol. The van der Waals surface area contributed by atoms with Crippen molar-refractivity contribution in [3.8, 4) is 0 Å². The predicted molar refractivity (Wildman–Crippen MR) is 101 cm³/mol. The summed E-state index contributed by atoms with van der Waals surface area (Å²) in [5, 5.41) is 4.08. The number of hydrogen-bond donors (Lipinski definition) is 0. The minimum atomic E-state index is 0.473. The van der Waals surface area contributed by atoms with Gasteiger partial charge in [0.15, 0.2) is 0 Å². The summed E-state index contributed by atoms with van der Waals surface area (Å²) in [5.41, 5.74) is 5.37. The van der Waals surface area contributed by atoms with Crippen molar-refractivity contribution in [2.24, 2.45) is 10.1 Å². The fourth-order valence-corrected chi connectivity index (χ4v) is 2.12. The zero-order valence-corrected chi connectivity index (χ0v) is 14.9. The number of benzene rings is 2. The highest BCUT2D eigenvalue weighted by Crippen LogP contribution is 2.22. The molecule has 2 aromatic carbocycles. The molecule has 0 bridgehead atoms. The first kappa shape index (κ1) is 17.7. The van der Waals surface area contributed by atoms with Crippen molar-refractivity contribution < 1.29 is 4.84 Å². The lowest BCUT2D eigenvalue weighted by Gasteiger charge is -2.10. The van der Waals surface area contributed by atoms with Crippen molar-refractivity contribution in [2.75, 3.05) is 13.6 Å². The van der Waals surface area contributed by atoms with Crippen LogP contribution < -0.4 is 0 Å². The standard InChI is InChI=1S/C20H25N3O/c1-5-23(4)15-21-20-12-16(2)19(11-17(20)3)13-22-24-14-18-9-7-6-8-10-18/h6-13,15H,5,14H2,1-4H3/b21-15?,22-13+. The molecule has 24 heavy (non-hydrogen) atoms. The smallest absolute Gasteiger partial charge is 0.142 e. The summed E-state index contributed by atoms with van der Waals surface area (Å²) < 4.78 is 0. The molecule has 0 saturated heterocycles. The van der Waals surface area contributed by atoms with E-state index in [1.807, 2.05) is 48.6 Å². The largest absolute Gasteiger partial charge is 0.391 e. The first-order valence-electron chi connectivity index (χ1n) is 8.15. The van der Waals surface area contributed by atoms with Gasteiger partial charge in [-0.2, -0.15) is 0 Å². The lowest BCUT2D eigenvalue weighted by Crippen LogP contribution is -2.14. The van der Waals surface area contributed by atoms with Crippen LogP contribution in [-0.4, -0.2) is 31.0 Å². The summed E-state index contributed by atoms with van der Waals surface area (Å²) in [6, 6.07) is 14.2. The normalized spacial score (nSPS) is 11.3. The molecule has 0 fully saturated rings. The maximum Gasteiger partial charge on any atom is 0.142 e. The third-order valence-electron chi connectivity index (χ3n) is 3.82. The molecule has 0 aliphatic carbocycles. The minimum Gasteiger partial charge on any atom is -0.391 e. The fourth-order valence-electron chi connectivity index (χ4n) is 2.12. The maximum absolute atomic E-state index is 5.38. The molecule has 0 aromatic heterocycles. The van der Waals surface area contributed by atoms with Crippen LogP contribution in [0, 0.1) is 13.8 Å². The molecule has 0 spiro atoms. The van der Waals surface area contributed by atoms with Gasteiger partial charge in [0.2, 0.25) is 0 Å². The van der Waals surface area contributed by atoms with Crippen LogP contribution in [0.15, 0.2) is 52.6 Å². The Morgan fingerprint density at radius 1 is 1.08 bits per heavy atom. The molecule has 4 nitrogen and oxygen atoms in total. The number of aryl methyl sites for hydroxylation is 2. The lowest BCUT2D eigenvalue weighted by atomic mass is 10.0. The highest BCUT2D eigenvalue weighted by molar-refractivity contribution is 5.83. The van der Waals surface area contributed by atoms with Gasteiger partial charge in [0.25, 0.3) is 0 Å². The molecule has 0 aliphatic heterocycles. The Bertz CT molecular complexity index is 708. The molecule has 0 saturated carbocycles. The zero-order chi connectivity index (χ0) is 17.4. The summed E-state index contributed by atoms with van der Waals surface area (Å²) in [6.45, 7) is 7.62. The quantitative estimate of drug-likeness (QED) is 0.428. The molecule has 0 N–H and O–H groups in total. The van der Waals surface area contributed by atoms with Crippen molar-refractivity contribution in [3.05, 3.63) is 64.7 Å². The first-order valence-corrected chi connectivity index (χ1v) is 8.15. The molecule has 0 aliphatic rings. The monoisotopic (exact) mass is 323 g/mol. The molecule has 0 unspecified atom stereocenters. The zero-order valence-electron chi connectivity index (χ0n) is 14.9. The van der Waals surface area contributed by atoms with Crippen molar-refractivity contribution >= 4 is 18.2 Å². The van der Waals surface area contributed by atoms with E-state index in [2.05, 4.69) is 43.1 Å². The topological polar surface area (TPSA) is 37.2 Å². The Hall–Kier alpha value is -2.62. The van der Waals surface area contributed by atoms with Crippen molar-refractivity contribution in [1.82, 2.24) is 4.90 Å². The second kappa shape index (κ2) is 8.87. The van der Waals surface area contributed by atoms with Crippen LogP contribution in [0.4, 0.5) is 5.69 Å². The minimum absolute atomic E-state index is 0.473. The molecule has 0 radical (unpaired) electrons. The van der Waals surface area contributed by atoms with Gasteiger partial charge < -0.3 is 9.74 Å². The molecular weight excluding hydrogens is 298 g/mol. The second-order valence-corrected chi connectivity index (χ2v) is 5.81. The predicted octanol–water partition coefficient (Wildman–Crippen LogP) is 4.47. The van der Waals surface area contributed by atoms with Gasteiger partial charge in [-0.25, -0.2) is 4.99 Å². The molecule has 0 amide bonds. The van der Waals surface area contributed by atoms with E-state index in [1.165, 1.54) is 0 Å². The van der Waals surface area contributed by atoms with Gasteiger partial charge in [-0.1, -0.05) is 35.5 Å². The van der Waals surface area contributed by atoms with Crippen molar-refractivity contribution in [1.29, 1.82) is 0 Å². The molecule has 126 valence electrons. The van der Waals surface area contributed by atoms with Crippen LogP contribution in [0.1, 0.15) is 29.2 Å². The van der Waals surface area contributed by atoms with Crippen LogP contribution >= 0.6 is 0 Å². The Balaban J connectivity index is 2.02. The van der Waals surface area contributed by atoms with Gasteiger partial charge in [-0.3, -0.25) is 0 Å². The number of nitrogens with zero attached hydrogens (tertiary/aromatic N) is 3. The van der Waals surface area contributed by atoms with Gasteiger partial charge in [-0.15, -0.1) is 0 Å². The lowest BCUT2D eigenvalue weighted by molar-refractivity contribution is 0.132. The number of oxime groups is 1. The summed E-state index contributed by atoms with van der Waals surface area (Å²) in [4.78, 5) is 12.0. The van der Waals surface area contributed by atoms with Gasteiger partial charge >= 0.3 is 0 Å². The molecule has 4 heteroatoms. The van der Waals surface area contributed by atoms with E-state index in [-0.39, 0.29) is 0 Å². The number of hydrogen-bond acceptors (Lipinski definition) is 3. The van der Waals surface area contributed by atoms with Crippen LogP contribution in [-0.2, 0) is 11.4 Å². The van der Waals surface area contributed by atoms with E-state index in [4.69, 9.17) is 4.84 Å². The van der Waals surface area contributed by atoms with Crippen LogP contribution in [0.5, 0.6) is 0 Å². The number of aliphatic imine (C=N–C) groups is 1. The van der Waals surface area contributed by atoms with E-state index in [0.29, 0.717) is 6.61 Å². The summed E-state index contributed by atoms with van der Waals surface area (Å²) in [7, 11) is 2.01. The number of rotatable bonds is 7. The third kappa shape index (κ3) is 5.23. The second-order valence-electron chi connectivity index (χ2n) is 5.81. The van der Waals surface area contributed by atoms with Crippen molar-refractivity contribution in [2.45, 2.75) is 27.4 Å². The Labute approximate surface area is 144 Å². The van der Waals surface area contributed by atoms with E-state index >= 15 is 0 Å². The summed E-state index contributed by atoms with van der Waals surface area (Å²) in [5.74, 6) is 0. The van der Waals surface area contributed by atoms with Crippen LogP contribution in [0.25, 0.3) is 0 Å². The van der Waals surface area contributed by atoms with Crippen molar-refractivity contribution in [3.63, 3.8) is 0 Å². The van der Waals surface area contributed by atoms with E-state index in [1.54, 1.807) is 6.21 Å². The molecule has 0 heterocycles. The SMILES string of the molecule is CCN(C)C=Nc1cc(C)c(/C=N/OCc2ccccc2)cc1C. The summed E-state index contributed by atoms with van der Waals surface area (Å²) in [6.07, 6.45) is 3.62. The van der Waals surface area contributed by atoms with Crippen LogP contribution in [0.2, 0.25) is 0 Å². The Morgan fingerprint density at radius 3 is 2.54 bits per heavy atom. The third-order valence-corrected chi connectivity index (χ3v) is 3.82.